The number of aryl methyl sites for hydroxylation is 1. The first kappa shape index (κ1) is 17.2. The molecule has 3 aromatic rings. The summed E-state index contributed by atoms with van der Waals surface area (Å²) in [6, 6.07) is 14.7. The van der Waals surface area contributed by atoms with E-state index in [1.165, 1.54) is 5.56 Å². The van der Waals surface area contributed by atoms with Gasteiger partial charge in [-0.1, -0.05) is 25.1 Å². The Hall–Kier alpha value is -2.60. The summed E-state index contributed by atoms with van der Waals surface area (Å²) in [6.07, 6.45) is 0.987. The summed E-state index contributed by atoms with van der Waals surface area (Å²) in [5.41, 5.74) is 5.46. The van der Waals surface area contributed by atoms with E-state index in [1.54, 1.807) is 0 Å². The molecule has 0 atom stereocenters. The second-order valence-corrected chi connectivity index (χ2v) is 6.47. The lowest BCUT2D eigenvalue weighted by Crippen LogP contribution is -2.11. The lowest BCUT2D eigenvalue weighted by molar-refractivity contribution is 1.03. The van der Waals surface area contributed by atoms with Crippen LogP contribution in [0.2, 0.25) is 0 Å². The van der Waals surface area contributed by atoms with E-state index in [0.717, 1.165) is 34.9 Å². The summed E-state index contributed by atoms with van der Waals surface area (Å²) >= 11 is 5.49. The first-order valence-corrected chi connectivity index (χ1v) is 8.72. The second kappa shape index (κ2) is 7.11. The highest BCUT2D eigenvalue weighted by Gasteiger charge is 2.13. The van der Waals surface area contributed by atoms with Gasteiger partial charge in [0.1, 0.15) is 0 Å². The van der Waals surface area contributed by atoms with Gasteiger partial charge in [0.15, 0.2) is 10.6 Å². The standard InChI is InChI=1S/C19H23N5S/c1-5-13-7-6-8-14(11-13)18-21-22-19(25)24(18)15-9-10-17(23(3)4)16(12-15)20-2/h6-12,20H,5H2,1-4H3,(H,22,25). The number of nitrogens with one attached hydrogen (secondary N) is 2. The SMILES string of the molecule is CCc1cccc(-c2n[nH]c(=S)n2-c2ccc(N(C)C)c(NC)c2)c1. The highest BCUT2D eigenvalue weighted by Crippen LogP contribution is 2.29. The van der Waals surface area contributed by atoms with Gasteiger partial charge in [0.05, 0.1) is 17.1 Å². The number of hydrogen-bond donors (Lipinski definition) is 2. The van der Waals surface area contributed by atoms with Gasteiger partial charge in [-0.2, -0.15) is 5.10 Å². The van der Waals surface area contributed by atoms with Crippen molar-refractivity contribution in [2.24, 2.45) is 0 Å². The van der Waals surface area contributed by atoms with Crippen LogP contribution in [0.4, 0.5) is 11.4 Å². The van der Waals surface area contributed by atoms with Gasteiger partial charge in [-0.05, 0) is 48.5 Å². The maximum atomic E-state index is 5.49. The topological polar surface area (TPSA) is 48.9 Å². The van der Waals surface area contributed by atoms with Crippen molar-refractivity contribution in [3.8, 4) is 17.1 Å². The predicted octanol–water partition coefficient (Wildman–Crippen LogP) is 4.27. The van der Waals surface area contributed by atoms with Gasteiger partial charge in [-0.3, -0.25) is 9.67 Å². The number of rotatable bonds is 5. The van der Waals surface area contributed by atoms with Gasteiger partial charge in [0.25, 0.3) is 0 Å². The van der Waals surface area contributed by atoms with Gasteiger partial charge in [0, 0.05) is 26.7 Å². The van der Waals surface area contributed by atoms with E-state index >= 15 is 0 Å². The third-order valence-electron chi connectivity index (χ3n) is 4.26. The molecular formula is C19H23N5S. The van der Waals surface area contributed by atoms with Crippen molar-refractivity contribution in [3.63, 3.8) is 0 Å². The van der Waals surface area contributed by atoms with Crippen molar-refractivity contribution in [2.75, 3.05) is 31.4 Å². The first-order valence-electron chi connectivity index (χ1n) is 8.31. The van der Waals surface area contributed by atoms with Gasteiger partial charge < -0.3 is 10.2 Å². The summed E-state index contributed by atoms with van der Waals surface area (Å²) in [5, 5.41) is 10.7. The van der Waals surface area contributed by atoms with E-state index in [4.69, 9.17) is 12.2 Å². The molecule has 0 spiro atoms. The van der Waals surface area contributed by atoms with Crippen LogP contribution in [-0.4, -0.2) is 35.9 Å². The Kier molecular flexibility index (Phi) is 4.90. The minimum Gasteiger partial charge on any atom is -0.386 e. The molecule has 0 saturated heterocycles. The summed E-state index contributed by atoms with van der Waals surface area (Å²) in [5.74, 6) is 0.819. The maximum absolute atomic E-state index is 5.49. The second-order valence-electron chi connectivity index (χ2n) is 6.09. The zero-order chi connectivity index (χ0) is 18.0. The number of benzene rings is 2. The Labute approximate surface area is 153 Å². The molecule has 2 aromatic carbocycles. The van der Waals surface area contributed by atoms with Crippen molar-refractivity contribution in [3.05, 3.63) is 52.8 Å². The van der Waals surface area contributed by atoms with Crippen molar-refractivity contribution < 1.29 is 0 Å². The molecule has 0 saturated carbocycles. The van der Waals surface area contributed by atoms with Gasteiger partial charge in [-0.25, -0.2) is 0 Å². The van der Waals surface area contributed by atoms with Crippen LogP contribution < -0.4 is 10.2 Å². The minimum atomic E-state index is 0.580. The molecule has 25 heavy (non-hydrogen) atoms. The van der Waals surface area contributed by atoms with Gasteiger partial charge in [0.2, 0.25) is 0 Å². The van der Waals surface area contributed by atoms with Crippen LogP contribution in [0.3, 0.4) is 0 Å². The monoisotopic (exact) mass is 353 g/mol. The molecule has 1 aromatic heterocycles. The van der Waals surface area contributed by atoms with Crippen LogP contribution in [0.25, 0.3) is 17.1 Å². The predicted molar refractivity (Wildman–Crippen MR) is 107 cm³/mol. The van der Waals surface area contributed by atoms with E-state index < -0.39 is 0 Å². The molecular weight excluding hydrogens is 330 g/mol. The van der Waals surface area contributed by atoms with Crippen molar-refractivity contribution >= 4 is 23.6 Å². The molecule has 3 rings (SSSR count). The normalized spacial score (nSPS) is 10.7. The molecule has 0 aliphatic rings. The van der Waals surface area contributed by atoms with E-state index in [2.05, 4.69) is 69.8 Å². The average molecular weight is 353 g/mol. The highest BCUT2D eigenvalue weighted by molar-refractivity contribution is 7.71. The molecule has 0 aliphatic heterocycles. The van der Waals surface area contributed by atoms with Crippen LogP contribution in [0.5, 0.6) is 0 Å². The maximum Gasteiger partial charge on any atom is 0.200 e. The lowest BCUT2D eigenvalue weighted by Gasteiger charge is -2.18. The molecule has 0 radical (unpaired) electrons. The molecule has 0 amide bonds. The highest BCUT2D eigenvalue weighted by atomic mass is 32.1. The van der Waals surface area contributed by atoms with Gasteiger partial charge in [-0.15, -0.1) is 0 Å². The first-order chi connectivity index (χ1) is 12.0. The zero-order valence-corrected chi connectivity index (χ0v) is 15.8. The summed E-state index contributed by atoms with van der Waals surface area (Å²) < 4.78 is 2.56. The molecule has 0 unspecified atom stereocenters. The Bertz CT molecular complexity index is 939. The largest absolute Gasteiger partial charge is 0.386 e. The fourth-order valence-electron chi connectivity index (χ4n) is 2.91. The molecule has 2 N–H and O–H groups in total. The van der Waals surface area contributed by atoms with Crippen LogP contribution in [0.15, 0.2) is 42.5 Å². The third-order valence-corrected chi connectivity index (χ3v) is 4.53. The molecule has 5 nitrogen and oxygen atoms in total. The van der Waals surface area contributed by atoms with E-state index in [1.807, 2.05) is 25.7 Å². The number of hydrogen-bond acceptors (Lipinski definition) is 4. The Morgan fingerprint density at radius 3 is 2.68 bits per heavy atom. The quantitative estimate of drug-likeness (QED) is 0.673. The van der Waals surface area contributed by atoms with E-state index in [9.17, 15) is 0 Å². The van der Waals surface area contributed by atoms with Crippen LogP contribution in [0, 0.1) is 4.77 Å². The Balaban J connectivity index is 2.16. The fraction of sp³-hybridized carbons (Fsp3) is 0.263. The molecule has 130 valence electrons. The Morgan fingerprint density at radius 2 is 2.00 bits per heavy atom. The number of aromatic amines is 1. The lowest BCUT2D eigenvalue weighted by atomic mass is 10.1. The molecule has 6 heteroatoms. The van der Waals surface area contributed by atoms with Crippen LogP contribution in [0.1, 0.15) is 12.5 Å². The van der Waals surface area contributed by atoms with E-state index in [0.29, 0.717) is 4.77 Å². The van der Waals surface area contributed by atoms with Crippen LogP contribution in [-0.2, 0) is 6.42 Å². The number of anilines is 2. The summed E-state index contributed by atoms with van der Waals surface area (Å²) in [7, 11) is 5.98. The number of aromatic nitrogens is 3. The average Bonchev–Trinajstić information content (AvgIpc) is 3.02. The smallest absolute Gasteiger partial charge is 0.200 e. The van der Waals surface area contributed by atoms with Crippen molar-refractivity contribution in [2.45, 2.75) is 13.3 Å². The summed E-state index contributed by atoms with van der Waals surface area (Å²) in [4.78, 5) is 2.08. The van der Waals surface area contributed by atoms with Crippen molar-refractivity contribution in [1.82, 2.24) is 14.8 Å². The fourth-order valence-corrected chi connectivity index (χ4v) is 3.15. The zero-order valence-electron chi connectivity index (χ0n) is 15.0. The summed E-state index contributed by atoms with van der Waals surface area (Å²) in [6.45, 7) is 2.15. The number of nitrogens with zero attached hydrogens (tertiary/aromatic N) is 3. The van der Waals surface area contributed by atoms with Crippen LogP contribution >= 0.6 is 12.2 Å². The molecule has 1 heterocycles. The molecule has 0 fully saturated rings. The van der Waals surface area contributed by atoms with E-state index in [-0.39, 0.29) is 0 Å². The molecule has 0 aliphatic carbocycles. The minimum absolute atomic E-state index is 0.580. The number of H-pyrrole nitrogens is 1. The van der Waals surface area contributed by atoms with Gasteiger partial charge >= 0.3 is 0 Å². The molecule has 0 bridgehead atoms. The third kappa shape index (κ3) is 3.30. The Morgan fingerprint density at radius 1 is 1.20 bits per heavy atom. The van der Waals surface area contributed by atoms with Crippen molar-refractivity contribution in [1.29, 1.82) is 0 Å².